The van der Waals surface area contributed by atoms with Crippen LogP contribution in [0.4, 0.5) is 0 Å². The van der Waals surface area contributed by atoms with Gasteiger partial charge in [0.05, 0.1) is 6.26 Å². The second-order valence-corrected chi connectivity index (χ2v) is 3.92. The predicted octanol–water partition coefficient (Wildman–Crippen LogP) is 0.815. The van der Waals surface area contributed by atoms with E-state index in [-0.39, 0.29) is 12.4 Å². The lowest BCUT2D eigenvalue weighted by atomic mass is 10.4. The molecule has 5 heteroatoms. The highest BCUT2D eigenvalue weighted by Gasteiger charge is 2.02. The topological polar surface area (TPSA) is 63.6 Å². The summed E-state index contributed by atoms with van der Waals surface area (Å²) in [6, 6.07) is 0. The van der Waals surface area contributed by atoms with Gasteiger partial charge in [0.15, 0.2) is 0 Å². The fraction of sp³-hybridized carbons (Fsp3) is 0.667. The summed E-state index contributed by atoms with van der Waals surface area (Å²) in [7, 11) is -3.88. The van der Waals surface area contributed by atoms with E-state index in [4.69, 9.17) is 9.29 Å². The van der Waals surface area contributed by atoms with Gasteiger partial charge in [0, 0.05) is 0 Å². The van der Waals surface area contributed by atoms with Gasteiger partial charge in [-0.25, -0.2) is 0 Å². The summed E-state index contributed by atoms with van der Waals surface area (Å²) < 4.78 is 33.3. The number of hydrogen-bond acceptors (Lipinski definition) is 3. The van der Waals surface area contributed by atoms with Crippen LogP contribution < -0.4 is 0 Å². The van der Waals surface area contributed by atoms with Crippen molar-refractivity contribution in [2.24, 2.45) is 0 Å². The Balaban J connectivity index is 3.53. The van der Waals surface area contributed by atoms with Gasteiger partial charge in [-0.2, -0.15) is 8.42 Å². The predicted molar refractivity (Wildman–Crippen MR) is 41.8 cm³/mol. The Labute approximate surface area is 66.6 Å². The van der Waals surface area contributed by atoms with Crippen LogP contribution in [-0.4, -0.2) is 25.3 Å². The molecule has 0 unspecified atom stereocenters. The lowest BCUT2D eigenvalue weighted by Crippen LogP contribution is -2.08. The van der Waals surface area contributed by atoms with Gasteiger partial charge in [-0.3, -0.25) is 4.55 Å². The van der Waals surface area contributed by atoms with Crippen molar-refractivity contribution in [1.29, 1.82) is 0 Å². The van der Waals surface area contributed by atoms with Crippen LogP contribution >= 0.6 is 0 Å². The molecule has 11 heavy (non-hydrogen) atoms. The van der Waals surface area contributed by atoms with Gasteiger partial charge in [0.1, 0.15) is 12.4 Å². The third kappa shape index (κ3) is 9.45. The molecule has 0 amide bonds. The smallest absolute Gasteiger partial charge is 0.268 e. The Bertz CT molecular complexity index is 223. The number of hydrogen-bond donors (Lipinski definition) is 1. The molecule has 66 valence electrons. The minimum absolute atomic E-state index is 0.00991. The van der Waals surface area contributed by atoms with E-state index in [0.29, 0.717) is 0 Å². The maximum absolute atomic E-state index is 10.1. The number of ether oxygens (including phenoxy) is 1. The van der Waals surface area contributed by atoms with Crippen molar-refractivity contribution >= 4 is 10.1 Å². The molecule has 4 nitrogen and oxygen atoms in total. The standard InChI is InChI=1S/C6H12O4S/c1-6(2)5-10-3-4-11(7,8)9/h5H,3-4H2,1-2H3,(H,7,8,9). The zero-order valence-electron chi connectivity index (χ0n) is 6.57. The van der Waals surface area contributed by atoms with E-state index in [9.17, 15) is 8.42 Å². The molecule has 0 atom stereocenters. The fourth-order valence-corrected chi connectivity index (χ4v) is 0.686. The summed E-state index contributed by atoms with van der Waals surface area (Å²) in [4.78, 5) is 0. The molecule has 0 bridgehead atoms. The largest absolute Gasteiger partial charge is 0.500 e. The lowest BCUT2D eigenvalue weighted by molar-refractivity contribution is 0.265. The Morgan fingerprint density at radius 3 is 2.45 bits per heavy atom. The summed E-state index contributed by atoms with van der Waals surface area (Å²) in [5.74, 6) is -0.364. The second-order valence-electron chi connectivity index (χ2n) is 2.35. The van der Waals surface area contributed by atoms with E-state index in [1.807, 2.05) is 13.8 Å². The van der Waals surface area contributed by atoms with Gasteiger partial charge >= 0.3 is 0 Å². The van der Waals surface area contributed by atoms with Crippen molar-refractivity contribution in [3.05, 3.63) is 11.8 Å². The second kappa shape index (κ2) is 4.35. The minimum atomic E-state index is -3.88. The molecule has 0 aromatic rings. The molecule has 0 aliphatic rings. The van der Waals surface area contributed by atoms with Crippen LogP contribution in [0, 0.1) is 0 Å². The molecule has 0 aromatic heterocycles. The van der Waals surface area contributed by atoms with Crippen molar-refractivity contribution in [2.75, 3.05) is 12.4 Å². The summed E-state index contributed by atoms with van der Waals surface area (Å²) in [6.07, 6.45) is 1.45. The maximum atomic E-state index is 10.1. The van der Waals surface area contributed by atoms with Crippen LogP contribution in [0.5, 0.6) is 0 Å². The van der Waals surface area contributed by atoms with Crippen LogP contribution in [0.3, 0.4) is 0 Å². The Hall–Kier alpha value is -0.550. The van der Waals surface area contributed by atoms with Crippen LogP contribution in [0.25, 0.3) is 0 Å². The highest BCUT2D eigenvalue weighted by Crippen LogP contribution is 1.90. The van der Waals surface area contributed by atoms with Crippen molar-refractivity contribution < 1.29 is 17.7 Å². The van der Waals surface area contributed by atoms with Crippen LogP contribution in [0.15, 0.2) is 11.8 Å². The fourth-order valence-electron chi connectivity index (χ4n) is 0.379. The summed E-state index contributed by atoms with van der Waals surface area (Å²) in [6.45, 7) is 3.64. The number of allylic oxidation sites excluding steroid dienone is 1. The Morgan fingerprint density at radius 2 is 2.09 bits per heavy atom. The summed E-state index contributed by atoms with van der Waals surface area (Å²) >= 11 is 0. The molecule has 0 radical (unpaired) electrons. The van der Waals surface area contributed by atoms with Gasteiger partial charge in [-0.05, 0) is 19.4 Å². The molecule has 0 spiro atoms. The Morgan fingerprint density at radius 1 is 1.55 bits per heavy atom. The zero-order valence-corrected chi connectivity index (χ0v) is 7.39. The SMILES string of the molecule is CC(C)=COCCS(=O)(=O)O. The highest BCUT2D eigenvalue weighted by atomic mass is 32.2. The molecule has 0 heterocycles. The average Bonchev–Trinajstić information content (AvgIpc) is 1.78. The van der Waals surface area contributed by atoms with Gasteiger partial charge in [0.2, 0.25) is 0 Å². The minimum Gasteiger partial charge on any atom is -0.500 e. The summed E-state index contributed by atoms with van der Waals surface area (Å²) in [5, 5.41) is 0. The van der Waals surface area contributed by atoms with Gasteiger partial charge < -0.3 is 4.74 Å². The quantitative estimate of drug-likeness (QED) is 0.395. The van der Waals surface area contributed by atoms with Crippen LogP contribution in [0.2, 0.25) is 0 Å². The summed E-state index contributed by atoms with van der Waals surface area (Å²) in [5.41, 5.74) is 0.945. The van der Waals surface area contributed by atoms with Crippen LogP contribution in [0.1, 0.15) is 13.8 Å². The van der Waals surface area contributed by atoms with Crippen LogP contribution in [-0.2, 0) is 14.9 Å². The first-order chi connectivity index (χ1) is 4.92. The molecular weight excluding hydrogens is 168 g/mol. The van der Waals surface area contributed by atoms with Gasteiger partial charge in [0.25, 0.3) is 10.1 Å². The maximum Gasteiger partial charge on any atom is 0.268 e. The van der Waals surface area contributed by atoms with E-state index in [1.54, 1.807) is 0 Å². The van der Waals surface area contributed by atoms with E-state index in [0.717, 1.165) is 5.57 Å². The van der Waals surface area contributed by atoms with E-state index < -0.39 is 10.1 Å². The van der Waals surface area contributed by atoms with Crippen molar-refractivity contribution in [3.8, 4) is 0 Å². The molecule has 0 saturated heterocycles. The third-order valence-corrected chi connectivity index (χ3v) is 1.46. The number of rotatable bonds is 4. The normalized spacial score (nSPS) is 10.8. The molecule has 0 aliphatic carbocycles. The molecule has 1 N–H and O–H groups in total. The molecular formula is C6H12O4S. The third-order valence-electron chi connectivity index (χ3n) is 0.778. The first-order valence-corrected chi connectivity index (χ1v) is 4.73. The first-order valence-electron chi connectivity index (χ1n) is 3.12. The average molecular weight is 180 g/mol. The van der Waals surface area contributed by atoms with Crippen molar-refractivity contribution in [3.63, 3.8) is 0 Å². The van der Waals surface area contributed by atoms with Gasteiger partial charge in [-0.1, -0.05) is 0 Å². The van der Waals surface area contributed by atoms with Crippen molar-refractivity contribution in [2.45, 2.75) is 13.8 Å². The Kier molecular flexibility index (Phi) is 4.14. The zero-order chi connectivity index (χ0) is 8.91. The molecule has 0 aromatic carbocycles. The molecule has 0 saturated carbocycles. The highest BCUT2D eigenvalue weighted by molar-refractivity contribution is 7.85. The first kappa shape index (κ1) is 10.4. The molecule has 0 aliphatic heterocycles. The monoisotopic (exact) mass is 180 g/mol. The van der Waals surface area contributed by atoms with E-state index >= 15 is 0 Å². The molecule has 0 rings (SSSR count). The van der Waals surface area contributed by atoms with Crippen molar-refractivity contribution in [1.82, 2.24) is 0 Å². The van der Waals surface area contributed by atoms with E-state index in [1.165, 1.54) is 6.26 Å². The lowest BCUT2D eigenvalue weighted by Gasteiger charge is -1.98. The molecule has 0 fully saturated rings. The van der Waals surface area contributed by atoms with Gasteiger partial charge in [-0.15, -0.1) is 0 Å². The van der Waals surface area contributed by atoms with E-state index in [2.05, 4.69) is 0 Å².